The molecule has 2 N–H and O–H groups in total. The van der Waals surface area contributed by atoms with Crippen LogP contribution in [0.15, 0.2) is 109 Å². The molecule has 5 rings (SSSR count). The molecule has 4 nitrogen and oxygen atoms in total. The Labute approximate surface area is 192 Å². The number of carbonyl (C=O) groups is 2. The van der Waals surface area contributed by atoms with Gasteiger partial charge in [-0.05, 0) is 33.4 Å². The number of carboxylic acid groups (broad SMARTS) is 1. The monoisotopic (exact) mass is 433 g/mol. The summed E-state index contributed by atoms with van der Waals surface area (Å²) in [5, 5.41) is 13.1. The number of hydrogen-bond acceptors (Lipinski definition) is 2. The van der Waals surface area contributed by atoms with Crippen molar-refractivity contribution < 1.29 is 14.7 Å². The Kier molecular flexibility index (Phi) is 5.49. The summed E-state index contributed by atoms with van der Waals surface area (Å²) < 4.78 is 0. The molecule has 0 saturated carbocycles. The number of benzene rings is 4. The first kappa shape index (κ1) is 20.7. The van der Waals surface area contributed by atoms with Gasteiger partial charge in [-0.15, -0.1) is 0 Å². The first-order chi connectivity index (χ1) is 16.1. The van der Waals surface area contributed by atoms with Crippen molar-refractivity contribution in [1.82, 2.24) is 5.32 Å². The molecular weight excluding hydrogens is 410 g/mol. The zero-order valence-electron chi connectivity index (χ0n) is 17.9. The molecule has 0 aromatic heterocycles. The van der Waals surface area contributed by atoms with Crippen molar-refractivity contribution in [1.29, 1.82) is 0 Å². The molecule has 0 aliphatic heterocycles. The van der Waals surface area contributed by atoms with Gasteiger partial charge in [-0.2, -0.15) is 0 Å². The molecule has 0 spiro atoms. The SMILES string of the molecule is O=C(N[C@H](C(=O)O)C(c1ccccc1)c1ccccc1)C1c2ccccc2-c2ccccc21. The van der Waals surface area contributed by atoms with Gasteiger partial charge < -0.3 is 10.4 Å². The van der Waals surface area contributed by atoms with Crippen LogP contribution in [0.5, 0.6) is 0 Å². The first-order valence-electron chi connectivity index (χ1n) is 11.0. The van der Waals surface area contributed by atoms with Gasteiger partial charge in [0.05, 0.1) is 5.92 Å². The van der Waals surface area contributed by atoms with E-state index in [1.165, 1.54) is 0 Å². The van der Waals surface area contributed by atoms with Gasteiger partial charge in [0.15, 0.2) is 0 Å². The molecule has 162 valence electrons. The van der Waals surface area contributed by atoms with Gasteiger partial charge >= 0.3 is 5.97 Å². The topological polar surface area (TPSA) is 66.4 Å². The van der Waals surface area contributed by atoms with Gasteiger partial charge in [0.1, 0.15) is 6.04 Å². The van der Waals surface area contributed by atoms with Crippen molar-refractivity contribution in [3.63, 3.8) is 0 Å². The second-order valence-corrected chi connectivity index (χ2v) is 8.23. The van der Waals surface area contributed by atoms with Crippen LogP contribution in [-0.4, -0.2) is 23.0 Å². The minimum atomic E-state index is -1.12. The normalized spacial score (nSPS) is 13.2. The molecule has 4 heteroatoms. The highest BCUT2D eigenvalue weighted by atomic mass is 16.4. The fraction of sp³-hybridized carbons (Fsp3) is 0.103. The Bertz CT molecular complexity index is 1220. The molecule has 0 saturated heterocycles. The van der Waals surface area contributed by atoms with E-state index in [0.717, 1.165) is 33.4 Å². The van der Waals surface area contributed by atoms with Crippen LogP contribution in [0.3, 0.4) is 0 Å². The van der Waals surface area contributed by atoms with E-state index in [0.29, 0.717) is 0 Å². The summed E-state index contributed by atoms with van der Waals surface area (Å²) >= 11 is 0. The van der Waals surface area contributed by atoms with Crippen LogP contribution in [-0.2, 0) is 9.59 Å². The van der Waals surface area contributed by atoms with Crippen LogP contribution in [0.2, 0.25) is 0 Å². The molecule has 1 amide bonds. The summed E-state index contributed by atoms with van der Waals surface area (Å²) in [6, 6.07) is 33.5. The van der Waals surface area contributed by atoms with E-state index in [-0.39, 0.29) is 5.91 Å². The third-order valence-electron chi connectivity index (χ3n) is 6.31. The zero-order valence-corrected chi connectivity index (χ0v) is 17.9. The largest absolute Gasteiger partial charge is 0.480 e. The third kappa shape index (κ3) is 3.80. The Morgan fingerprint density at radius 1 is 0.636 bits per heavy atom. The number of nitrogens with one attached hydrogen (secondary N) is 1. The highest BCUT2D eigenvalue weighted by Crippen LogP contribution is 2.44. The summed E-state index contributed by atoms with van der Waals surface area (Å²) in [6.07, 6.45) is 0. The molecule has 0 heterocycles. The first-order valence-corrected chi connectivity index (χ1v) is 11.0. The average molecular weight is 434 g/mol. The molecule has 0 radical (unpaired) electrons. The number of carbonyl (C=O) groups excluding carboxylic acids is 1. The van der Waals surface area contributed by atoms with E-state index in [9.17, 15) is 14.7 Å². The molecule has 0 bridgehead atoms. The molecule has 33 heavy (non-hydrogen) atoms. The van der Waals surface area contributed by atoms with E-state index < -0.39 is 23.8 Å². The molecule has 1 aliphatic carbocycles. The lowest BCUT2D eigenvalue weighted by molar-refractivity contribution is -0.142. The van der Waals surface area contributed by atoms with Crippen LogP contribution in [0.25, 0.3) is 11.1 Å². The third-order valence-corrected chi connectivity index (χ3v) is 6.31. The summed E-state index contributed by atoms with van der Waals surface area (Å²) in [5.74, 6) is -2.45. The van der Waals surface area contributed by atoms with Crippen molar-refractivity contribution in [3.8, 4) is 11.1 Å². The van der Waals surface area contributed by atoms with E-state index in [4.69, 9.17) is 0 Å². The standard InChI is InChI=1S/C29H23NO3/c31-28(26-23-17-9-7-15-21(23)22-16-8-10-18-24(22)26)30-27(29(32)33)25(19-11-3-1-4-12-19)20-13-5-2-6-14-20/h1-18,25-27H,(H,30,31)(H,32,33)/t27-/m0/s1. The lowest BCUT2D eigenvalue weighted by atomic mass is 9.84. The Morgan fingerprint density at radius 2 is 1.06 bits per heavy atom. The molecular formula is C29H23NO3. The highest BCUT2D eigenvalue weighted by molar-refractivity contribution is 5.98. The Hall–Kier alpha value is -4.18. The smallest absolute Gasteiger partial charge is 0.327 e. The number of aliphatic carboxylic acids is 1. The molecule has 1 aliphatic rings. The molecule has 1 atom stereocenters. The van der Waals surface area contributed by atoms with E-state index in [2.05, 4.69) is 5.32 Å². The van der Waals surface area contributed by atoms with Crippen molar-refractivity contribution in [2.75, 3.05) is 0 Å². The van der Waals surface area contributed by atoms with Crippen molar-refractivity contribution >= 4 is 11.9 Å². The number of rotatable bonds is 6. The van der Waals surface area contributed by atoms with E-state index >= 15 is 0 Å². The number of amides is 1. The van der Waals surface area contributed by atoms with Gasteiger partial charge in [0.25, 0.3) is 0 Å². The zero-order chi connectivity index (χ0) is 22.8. The second-order valence-electron chi connectivity index (χ2n) is 8.23. The van der Waals surface area contributed by atoms with Gasteiger partial charge in [0, 0.05) is 5.92 Å². The van der Waals surface area contributed by atoms with Gasteiger partial charge in [-0.1, -0.05) is 109 Å². The van der Waals surface area contributed by atoms with Crippen molar-refractivity contribution in [3.05, 3.63) is 131 Å². The van der Waals surface area contributed by atoms with Gasteiger partial charge in [0.2, 0.25) is 5.91 Å². The average Bonchev–Trinajstić information content (AvgIpc) is 3.19. The summed E-state index contributed by atoms with van der Waals surface area (Å²) in [5.41, 5.74) is 5.51. The maximum atomic E-state index is 13.7. The second kappa shape index (κ2) is 8.75. The number of carboxylic acids is 1. The maximum absolute atomic E-state index is 13.7. The minimum absolute atomic E-state index is 0.309. The van der Waals surface area contributed by atoms with Crippen LogP contribution in [0, 0.1) is 0 Å². The molecule has 4 aromatic carbocycles. The Balaban J connectivity index is 1.55. The predicted octanol–water partition coefficient (Wildman–Crippen LogP) is 5.20. The minimum Gasteiger partial charge on any atom is -0.480 e. The fourth-order valence-electron chi connectivity index (χ4n) is 4.86. The lowest BCUT2D eigenvalue weighted by Gasteiger charge is -2.27. The quantitative estimate of drug-likeness (QED) is 0.439. The van der Waals surface area contributed by atoms with Crippen molar-refractivity contribution in [2.45, 2.75) is 17.9 Å². The highest BCUT2D eigenvalue weighted by Gasteiger charge is 2.38. The number of fused-ring (bicyclic) bond motifs is 3. The maximum Gasteiger partial charge on any atom is 0.327 e. The summed E-state index contributed by atoms with van der Waals surface area (Å²) in [7, 11) is 0. The van der Waals surface area contributed by atoms with Crippen molar-refractivity contribution in [2.24, 2.45) is 0 Å². The van der Waals surface area contributed by atoms with Crippen LogP contribution in [0.1, 0.15) is 34.1 Å². The van der Waals surface area contributed by atoms with Crippen LogP contribution in [0.4, 0.5) is 0 Å². The Morgan fingerprint density at radius 3 is 1.52 bits per heavy atom. The number of hydrogen-bond donors (Lipinski definition) is 2. The van der Waals surface area contributed by atoms with E-state index in [1.807, 2.05) is 109 Å². The summed E-state index contributed by atoms with van der Waals surface area (Å²) in [6.45, 7) is 0. The van der Waals surface area contributed by atoms with Crippen LogP contribution >= 0.6 is 0 Å². The molecule has 0 unspecified atom stereocenters. The fourth-order valence-corrected chi connectivity index (χ4v) is 4.86. The predicted molar refractivity (Wildman–Crippen MR) is 128 cm³/mol. The molecule has 0 fully saturated rings. The lowest BCUT2D eigenvalue weighted by Crippen LogP contribution is -2.47. The molecule has 4 aromatic rings. The van der Waals surface area contributed by atoms with E-state index in [1.54, 1.807) is 0 Å². The van der Waals surface area contributed by atoms with Gasteiger partial charge in [-0.25, -0.2) is 4.79 Å². The summed E-state index contributed by atoms with van der Waals surface area (Å²) in [4.78, 5) is 26.2. The van der Waals surface area contributed by atoms with Gasteiger partial charge in [-0.3, -0.25) is 4.79 Å². The van der Waals surface area contributed by atoms with Crippen LogP contribution < -0.4 is 5.32 Å².